The van der Waals surface area contributed by atoms with E-state index in [1.807, 2.05) is 0 Å². The predicted octanol–water partition coefficient (Wildman–Crippen LogP) is 37.0. The van der Waals surface area contributed by atoms with Crippen LogP contribution < -0.4 is 0 Å². The summed E-state index contributed by atoms with van der Waals surface area (Å²) in [6, 6.07) is 202. The third kappa shape index (κ3) is 14.8. The first-order valence-corrected chi connectivity index (χ1v) is 49.5. The average Bonchev–Trinajstić information content (AvgIpc) is 1.58. The van der Waals surface area contributed by atoms with Gasteiger partial charge in [0.15, 0.2) is 0 Å². The SMILES string of the molecule is c1ccc(-c2ccc(-n3c4ccc(-c5ccccc5)cc4c4cc(-c5ccc6c(c5)c5ccccc5n6-c5ccccc5)ccc43)cc2)cc1.c1ccc(-c2ccc3c(c2)c2cc(-c4ccc5c(c4)c4ccccc4n5-c4ccccc4)ccc2n3-c2ccccc2)cc1.c1ccc(-c2cccc(-n3c4ccc(-c5ccccc5)cc4c4cc(-c5ccc6c(c5)c5ccccc5n6-c5ccccc5)ccc43)c2)cc1. The van der Waals surface area contributed by atoms with Gasteiger partial charge in [-0.25, -0.2) is 0 Å². The van der Waals surface area contributed by atoms with Crippen molar-refractivity contribution in [2.45, 2.75) is 0 Å². The molecule has 6 heterocycles. The quantitative estimate of drug-likeness (QED) is 0.104. The second-order valence-corrected chi connectivity index (χ2v) is 37.4. The lowest BCUT2D eigenvalue weighted by atomic mass is 9.99. The monoisotopic (exact) mass is 1830 g/mol. The number of benzene rings is 23. The van der Waals surface area contributed by atoms with Gasteiger partial charge in [0.2, 0.25) is 0 Å². The first kappa shape index (κ1) is 84.2. The summed E-state index contributed by atoms with van der Waals surface area (Å²) in [5, 5.41) is 15.1. The van der Waals surface area contributed by atoms with Crippen LogP contribution in [0, 0.1) is 0 Å². The van der Waals surface area contributed by atoms with Crippen molar-refractivity contribution in [2.75, 3.05) is 0 Å². The highest BCUT2D eigenvalue weighted by Crippen LogP contribution is 2.47. The van der Waals surface area contributed by atoms with Crippen molar-refractivity contribution in [1.29, 1.82) is 0 Å². The van der Waals surface area contributed by atoms with Gasteiger partial charge in [0.05, 0.1) is 66.2 Å². The molecule has 6 aromatic heterocycles. The minimum atomic E-state index is 1.15. The van der Waals surface area contributed by atoms with Gasteiger partial charge in [-0.1, -0.05) is 358 Å². The molecule has 29 aromatic rings. The lowest BCUT2D eigenvalue weighted by Crippen LogP contribution is -1.94. The highest BCUT2D eigenvalue weighted by Gasteiger charge is 2.24. The Morgan fingerprint density at radius 1 is 0.0764 bits per heavy atom. The van der Waals surface area contributed by atoms with E-state index in [1.165, 1.54) is 243 Å². The Labute approximate surface area is 833 Å². The van der Waals surface area contributed by atoms with Crippen molar-refractivity contribution in [3.8, 4) is 123 Å². The maximum Gasteiger partial charge on any atom is 0.0541 e. The summed E-state index contributed by atoms with van der Waals surface area (Å²) < 4.78 is 14.3. The predicted molar refractivity (Wildman–Crippen MR) is 609 cm³/mol. The maximum absolute atomic E-state index is 2.42. The second kappa shape index (κ2) is 35.7. The summed E-state index contributed by atoms with van der Waals surface area (Å²) in [4.78, 5) is 0. The summed E-state index contributed by atoms with van der Waals surface area (Å²) in [5.41, 5.74) is 41.0. The van der Waals surface area contributed by atoms with E-state index in [0.29, 0.717) is 0 Å². The number of fused-ring (bicyclic) bond motifs is 18. The molecule has 23 aromatic carbocycles. The minimum Gasteiger partial charge on any atom is -0.309 e. The molecule has 0 radical (unpaired) electrons. The van der Waals surface area contributed by atoms with Gasteiger partial charge in [-0.15, -0.1) is 0 Å². The number of hydrogen-bond acceptors (Lipinski definition) is 0. The smallest absolute Gasteiger partial charge is 0.0541 e. The summed E-state index contributed by atoms with van der Waals surface area (Å²) in [6.45, 7) is 0. The van der Waals surface area contributed by atoms with E-state index in [9.17, 15) is 0 Å². The zero-order chi connectivity index (χ0) is 95.1. The highest BCUT2D eigenvalue weighted by molar-refractivity contribution is 6.18. The normalized spacial score (nSPS) is 11.6. The van der Waals surface area contributed by atoms with E-state index in [2.05, 4.69) is 586 Å². The Hall–Kier alpha value is -19.1. The fourth-order valence-electron chi connectivity index (χ4n) is 22.4. The molecule has 0 fully saturated rings. The van der Waals surface area contributed by atoms with Gasteiger partial charge in [0.25, 0.3) is 0 Å². The van der Waals surface area contributed by atoms with Crippen molar-refractivity contribution in [3.63, 3.8) is 0 Å². The van der Waals surface area contributed by atoms with Crippen molar-refractivity contribution in [2.24, 2.45) is 0 Å². The maximum atomic E-state index is 2.42. The number of para-hydroxylation sites is 7. The van der Waals surface area contributed by atoms with Crippen LogP contribution in [0.2, 0.25) is 0 Å². The zero-order valence-corrected chi connectivity index (χ0v) is 78.8. The van der Waals surface area contributed by atoms with E-state index in [4.69, 9.17) is 0 Å². The first-order valence-electron chi connectivity index (χ1n) is 49.5. The number of hydrogen-bond donors (Lipinski definition) is 0. The topological polar surface area (TPSA) is 29.6 Å². The Bertz CT molecular complexity index is 9950. The summed E-state index contributed by atoms with van der Waals surface area (Å²) >= 11 is 0. The van der Waals surface area contributed by atoms with Gasteiger partial charge in [0.1, 0.15) is 0 Å². The van der Waals surface area contributed by atoms with Crippen LogP contribution in [0.3, 0.4) is 0 Å². The molecule has 0 bridgehead atoms. The van der Waals surface area contributed by atoms with Crippen LogP contribution in [0.25, 0.3) is 254 Å². The van der Waals surface area contributed by atoms with Gasteiger partial charge in [0, 0.05) is 98.8 Å². The average molecular weight is 1830 g/mol. The Morgan fingerprint density at radius 3 is 0.451 bits per heavy atom. The fraction of sp³-hybridized carbons (Fsp3) is 0. The molecular weight excluding hydrogens is 1740 g/mol. The largest absolute Gasteiger partial charge is 0.309 e. The molecule has 0 atom stereocenters. The molecule has 0 saturated heterocycles. The summed E-state index contributed by atoms with van der Waals surface area (Å²) in [7, 11) is 0. The van der Waals surface area contributed by atoms with Crippen LogP contribution in [0.15, 0.2) is 558 Å². The van der Waals surface area contributed by atoms with E-state index >= 15 is 0 Å². The minimum absolute atomic E-state index is 1.15. The molecule has 0 aliphatic carbocycles. The van der Waals surface area contributed by atoms with Crippen molar-refractivity contribution >= 4 is 131 Å². The Morgan fingerprint density at radius 2 is 0.215 bits per heavy atom. The van der Waals surface area contributed by atoms with Crippen LogP contribution in [-0.4, -0.2) is 27.4 Å². The Balaban J connectivity index is 0.000000108. The Kier molecular flexibility index (Phi) is 20.9. The van der Waals surface area contributed by atoms with E-state index in [0.717, 1.165) is 11.4 Å². The molecule has 144 heavy (non-hydrogen) atoms. The van der Waals surface area contributed by atoms with Gasteiger partial charge in [-0.2, -0.15) is 0 Å². The molecule has 0 aliphatic rings. The molecule has 674 valence electrons. The molecule has 29 rings (SSSR count). The highest BCUT2D eigenvalue weighted by atomic mass is 15.0. The van der Waals surface area contributed by atoms with Crippen molar-refractivity contribution in [1.82, 2.24) is 27.4 Å². The van der Waals surface area contributed by atoms with E-state index in [-0.39, 0.29) is 0 Å². The molecule has 0 N–H and O–H groups in total. The van der Waals surface area contributed by atoms with Crippen LogP contribution >= 0.6 is 0 Å². The fourth-order valence-corrected chi connectivity index (χ4v) is 22.4. The lowest BCUT2D eigenvalue weighted by molar-refractivity contribution is 1.18. The molecule has 0 aliphatic heterocycles. The summed E-state index contributed by atoms with van der Waals surface area (Å²) in [5.74, 6) is 0. The molecule has 6 nitrogen and oxygen atoms in total. The lowest BCUT2D eigenvalue weighted by Gasteiger charge is -2.11. The van der Waals surface area contributed by atoms with Crippen molar-refractivity contribution < 1.29 is 0 Å². The van der Waals surface area contributed by atoms with Gasteiger partial charge in [-0.05, 0) is 289 Å². The molecule has 6 heteroatoms. The third-order valence-corrected chi connectivity index (χ3v) is 29.1. The van der Waals surface area contributed by atoms with Crippen LogP contribution in [0.5, 0.6) is 0 Å². The number of aromatic nitrogens is 6. The molecule has 0 spiro atoms. The number of nitrogens with zero attached hydrogens (tertiary/aromatic N) is 6. The van der Waals surface area contributed by atoms with Gasteiger partial charge in [-0.3, -0.25) is 0 Å². The van der Waals surface area contributed by atoms with E-state index < -0.39 is 0 Å². The summed E-state index contributed by atoms with van der Waals surface area (Å²) in [6.07, 6.45) is 0. The molecule has 0 amide bonds. The molecular formula is C138H92N6. The molecule has 0 saturated carbocycles. The van der Waals surface area contributed by atoms with E-state index in [1.54, 1.807) is 0 Å². The zero-order valence-electron chi connectivity index (χ0n) is 78.8. The number of rotatable bonds is 14. The van der Waals surface area contributed by atoms with Crippen molar-refractivity contribution in [3.05, 3.63) is 558 Å². The van der Waals surface area contributed by atoms with Crippen LogP contribution in [-0.2, 0) is 0 Å². The van der Waals surface area contributed by atoms with Crippen LogP contribution in [0.1, 0.15) is 0 Å². The first-order chi connectivity index (χ1) is 71.4. The second-order valence-electron chi connectivity index (χ2n) is 37.4. The third-order valence-electron chi connectivity index (χ3n) is 29.1. The van der Waals surface area contributed by atoms with Crippen LogP contribution in [0.4, 0.5) is 0 Å². The van der Waals surface area contributed by atoms with Gasteiger partial charge >= 0.3 is 0 Å². The van der Waals surface area contributed by atoms with Gasteiger partial charge < -0.3 is 27.4 Å². The standard InChI is InChI=1S/2C48H32N2.C42H28N2/c1-4-13-33(14-5-1)35-17-12-20-40(29-35)50-47-26-23-36(34-15-6-2-7-16-34)30-43(47)44-32-38(25-28-48(44)50)37-24-27-46-42(31-37)41-21-10-11-22-45(41)49(46)39-18-8-3-9-19-39;1-4-12-33(13-5-1)35-20-25-40(26-21-35)50-47-27-22-36(34-14-6-2-7-15-34)30-43(47)44-32-38(24-29-48(44)50)37-23-28-46-42(31-37)41-18-10-11-19-45(41)49(46)39-16-8-3-9-17-39;1-4-12-29(13-5-1)30-20-23-41-37(26-30)38-28-32(22-25-42(38)44(41)34-16-8-3-9-17-34)31-21-24-40-36(27-31)35-18-10-11-19-39(35)43(40)33-14-6-2-7-15-33/h2*1-32H;1-28H. The molecule has 0 unspecified atom stereocenters.